The summed E-state index contributed by atoms with van der Waals surface area (Å²) in [5.41, 5.74) is 9.84. The zero-order valence-corrected chi connectivity index (χ0v) is 13.3. The second-order valence-electron chi connectivity index (χ2n) is 6.10. The lowest BCUT2D eigenvalue weighted by Gasteiger charge is -2.28. The molecule has 3 heteroatoms. The van der Waals surface area contributed by atoms with Crippen LogP contribution in [-0.4, -0.2) is 0 Å². The van der Waals surface area contributed by atoms with Crippen LogP contribution in [-0.2, 0) is 0 Å². The Balaban J connectivity index is 2.22. The van der Waals surface area contributed by atoms with E-state index in [2.05, 4.69) is 52.0 Å². The quantitative estimate of drug-likeness (QED) is 0.821. The van der Waals surface area contributed by atoms with Crippen LogP contribution in [0.5, 0.6) is 0 Å². The summed E-state index contributed by atoms with van der Waals surface area (Å²) < 4.78 is 6.07. The van der Waals surface area contributed by atoms with Crippen molar-refractivity contribution in [2.45, 2.75) is 49.5 Å². The minimum absolute atomic E-state index is 0.317. The van der Waals surface area contributed by atoms with Crippen molar-refractivity contribution in [3.8, 4) is 0 Å². The summed E-state index contributed by atoms with van der Waals surface area (Å²) in [6.45, 7) is 8.76. The van der Waals surface area contributed by atoms with Gasteiger partial charge < -0.3 is 10.2 Å². The summed E-state index contributed by atoms with van der Waals surface area (Å²) in [6.07, 6.45) is 0. The molecule has 1 aliphatic heterocycles. The number of furan rings is 1. The summed E-state index contributed by atoms with van der Waals surface area (Å²) >= 11 is 1.71. The predicted molar refractivity (Wildman–Crippen MR) is 84.5 cm³/mol. The topological polar surface area (TPSA) is 39.2 Å². The third kappa shape index (κ3) is 1.96. The van der Waals surface area contributed by atoms with Crippen molar-refractivity contribution in [3.05, 3.63) is 41.2 Å². The molecule has 0 amide bonds. The number of anilines is 1. The van der Waals surface area contributed by atoms with E-state index < -0.39 is 0 Å². The molecule has 0 spiro atoms. The Kier molecular flexibility index (Phi) is 3.33. The van der Waals surface area contributed by atoms with E-state index in [1.54, 1.807) is 11.8 Å². The monoisotopic (exact) mass is 287 g/mol. The molecule has 0 aliphatic carbocycles. The van der Waals surface area contributed by atoms with Gasteiger partial charge in [0.25, 0.3) is 0 Å². The Hall–Kier alpha value is -1.35. The molecule has 2 aromatic rings. The maximum absolute atomic E-state index is 6.40. The summed E-state index contributed by atoms with van der Waals surface area (Å²) in [5, 5.41) is 0.989. The molecule has 1 aromatic heterocycles. The van der Waals surface area contributed by atoms with Gasteiger partial charge in [0, 0.05) is 22.3 Å². The zero-order chi connectivity index (χ0) is 14.4. The summed E-state index contributed by atoms with van der Waals surface area (Å²) in [5.74, 6) is 2.08. The third-order valence-corrected chi connectivity index (χ3v) is 5.02. The second-order valence-corrected chi connectivity index (χ2v) is 7.11. The molecule has 1 aromatic carbocycles. The molecule has 106 valence electrons. The van der Waals surface area contributed by atoms with E-state index in [1.807, 2.05) is 0 Å². The number of benzene rings is 1. The molecule has 1 aliphatic rings. The van der Waals surface area contributed by atoms with Crippen LogP contribution in [0, 0.1) is 5.92 Å². The molecule has 1 unspecified atom stereocenters. The summed E-state index contributed by atoms with van der Waals surface area (Å²) in [6, 6.07) is 8.59. The highest BCUT2D eigenvalue weighted by molar-refractivity contribution is 7.99. The number of nitrogen functional groups attached to an aromatic ring is 1. The molecule has 2 heterocycles. The number of nitrogens with two attached hydrogens (primary N) is 1. The Morgan fingerprint density at radius 1 is 1.15 bits per heavy atom. The van der Waals surface area contributed by atoms with Crippen LogP contribution < -0.4 is 5.73 Å². The highest BCUT2D eigenvalue weighted by Crippen LogP contribution is 2.53. The average Bonchev–Trinajstić information content (AvgIpc) is 2.73. The lowest BCUT2D eigenvalue weighted by Crippen LogP contribution is -2.14. The minimum atomic E-state index is 0.317. The standard InChI is InChI=1S/C17H21NOS/c1-9(2)13-11-7-5-6-8-12(11)20-17-14(13)15(18)16(19-17)10(3)4/h5-10,13H,18H2,1-4H3. The van der Waals surface area contributed by atoms with Crippen LogP contribution in [0.25, 0.3) is 0 Å². The van der Waals surface area contributed by atoms with Gasteiger partial charge in [0.2, 0.25) is 0 Å². The van der Waals surface area contributed by atoms with Crippen LogP contribution in [0.3, 0.4) is 0 Å². The van der Waals surface area contributed by atoms with Gasteiger partial charge in [-0.25, -0.2) is 0 Å². The van der Waals surface area contributed by atoms with Gasteiger partial charge in [-0.05, 0) is 17.5 Å². The van der Waals surface area contributed by atoms with Crippen LogP contribution in [0.15, 0.2) is 38.7 Å². The summed E-state index contributed by atoms with van der Waals surface area (Å²) in [4.78, 5) is 1.29. The molecule has 0 bridgehead atoms. The molecule has 0 saturated heterocycles. The van der Waals surface area contributed by atoms with Crippen molar-refractivity contribution < 1.29 is 4.42 Å². The van der Waals surface area contributed by atoms with Crippen molar-refractivity contribution in [1.82, 2.24) is 0 Å². The van der Waals surface area contributed by atoms with Crippen LogP contribution in [0.1, 0.15) is 56.4 Å². The van der Waals surface area contributed by atoms with Crippen molar-refractivity contribution >= 4 is 17.4 Å². The maximum Gasteiger partial charge on any atom is 0.171 e. The van der Waals surface area contributed by atoms with Gasteiger partial charge in [-0.1, -0.05) is 57.7 Å². The van der Waals surface area contributed by atoms with Crippen LogP contribution in [0.4, 0.5) is 5.69 Å². The highest BCUT2D eigenvalue weighted by atomic mass is 32.2. The molecular weight excluding hydrogens is 266 g/mol. The Bertz CT molecular complexity index is 642. The van der Waals surface area contributed by atoms with E-state index >= 15 is 0 Å². The molecule has 20 heavy (non-hydrogen) atoms. The number of fused-ring (bicyclic) bond motifs is 2. The normalized spacial score (nSPS) is 17.4. The molecule has 3 rings (SSSR count). The van der Waals surface area contributed by atoms with E-state index in [1.165, 1.54) is 16.0 Å². The Labute approximate surface area is 124 Å². The highest BCUT2D eigenvalue weighted by Gasteiger charge is 2.35. The molecule has 0 saturated carbocycles. The molecule has 2 nitrogen and oxygen atoms in total. The second kappa shape index (κ2) is 4.88. The van der Waals surface area contributed by atoms with E-state index in [4.69, 9.17) is 10.2 Å². The fourth-order valence-electron chi connectivity index (χ4n) is 3.03. The molecule has 2 N–H and O–H groups in total. The van der Waals surface area contributed by atoms with E-state index in [-0.39, 0.29) is 0 Å². The molecule has 0 radical (unpaired) electrons. The smallest absolute Gasteiger partial charge is 0.171 e. The van der Waals surface area contributed by atoms with Crippen molar-refractivity contribution in [2.24, 2.45) is 5.92 Å². The lowest BCUT2D eigenvalue weighted by atomic mass is 9.82. The number of hydrogen-bond donors (Lipinski definition) is 1. The fraction of sp³-hybridized carbons (Fsp3) is 0.412. The van der Waals surface area contributed by atoms with Gasteiger partial charge in [0.05, 0.1) is 5.69 Å². The van der Waals surface area contributed by atoms with Crippen molar-refractivity contribution in [3.63, 3.8) is 0 Å². The first-order valence-corrected chi connectivity index (χ1v) is 8.01. The molecule has 1 atom stereocenters. The Morgan fingerprint density at radius 2 is 1.85 bits per heavy atom. The minimum Gasteiger partial charge on any atom is -0.452 e. The number of rotatable bonds is 2. The van der Waals surface area contributed by atoms with Crippen molar-refractivity contribution in [2.75, 3.05) is 5.73 Å². The maximum atomic E-state index is 6.40. The van der Waals surface area contributed by atoms with Gasteiger partial charge in [-0.15, -0.1) is 0 Å². The largest absolute Gasteiger partial charge is 0.452 e. The van der Waals surface area contributed by atoms with Crippen LogP contribution >= 0.6 is 11.8 Å². The van der Waals surface area contributed by atoms with Gasteiger partial charge in [0.1, 0.15) is 5.76 Å². The van der Waals surface area contributed by atoms with Gasteiger partial charge in [-0.3, -0.25) is 0 Å². The van der Waals surface area contributed by atoms with Crippen LogP contribution in [0.2, 0.25) is 0 Å². The molecular formula is C17H21NOS. The van der Waals surface area contributed by atoms with Crippen molar-refractivity contribution in [1.29, 1.82) is 0 Å². The predicted octanol–water partition coefficient (Wildman–Crippen LogP) is 5.24. The fourth-order valence-corrected chi connectivity index (χ4v) is 4.17. The zero-order valence-electron chi connectivity index (χ0n) is 12.4. The molecule has 0 fully saturated rings. The van der Waals surface area contributed by atoms with E-state index in [0.717, 1.165) is 16.5 Å². The third-order valence-electron chi connectivity index (χ3n) is 3.94. The Morgan fingerprint density at radius 3 is 2.50 bits per heavy atom. The first-order chi connectivity index (χ1) is 9.50. The SMILES string of the molecule is CC(C)c1oc2c(c1N)C(C(C)C)c1ccccc1S2. The summed E-state index contributed by atoms with van der Waals surface area (Å²) in [7, 11) is 0. The van der Waals surface area contributed by atoms with Gasteiger partial charge >= 0.3 is 0 Å². The van der Waals surface area contributed by atoms with Gasteiger partial charge in [-0.2, -0.15) is 0 Å². The number of hydrogen-bond acceptors (Lipinski definition) is 3. The first-order valence-electron chi connectivity index (χ1n) is 7.19. The first kappa shape index (κ1) is 13.6. The van der Waals surface area contributed by atoms with Gasteiger partial charge in [0.15, 0.2) is 5.09 Å². The lowest BCUT2D eigenvalue weighted by molar-refractivity contribution is 0.403. The van der Waals surface area contributed by atoms with E-state index in [0.29, 0.717) is 17.8 Å². The van der Waals surface area contributed by atoms with E-state index in [9.17, 15) is 0 Å². The average molecular weight is 287 g/mol.